The van der Waals surface area contributed by atoms with Crippen LogP contribution in [0.5, 0.6) is 5.75 Å². The Labute approximate surface area is 86.0 Å². The van der Waals surface area contributed by atoms with Crippen molar-refractivity contribution in [3.63, 3.8) is 0 Å². The molecule has 1 aromatic carbocycles. The Bertz CT molecular complexity index is 315. The highest BCUT2D eigenvalue weighted by Gasteiger charge is 2.13. The summed E-state index contributed by atoms with van der Waals surface area (Å²) in [5.74, 6) is 0.348. The molecule has 0 aliphatic heterocycles. The van der Waals surface area contributed by atoms with Crippen molar-refractivity contribution in [3.8, 4) is 5.75 Å². The third-order valence-electron chi connectivity index (χ3n) is 1.56. The lowest BCUT2D eigenvalue weighted by molar-refractivity contribution is 0.181. The van der Waals surface area contributed by atoms with Crippen molar-refractivity contribution >= 4 is 23.2 Å². The Kier molecular flexibility index (Phi) is 3.39. The zero-order valence-corrected chi connectivity index (χ0v) is 8.43. The first-order chi connectivity index (χ1) is 6.06. The molecule has 3 N–H and O–H groups in total. The van der Waals surface area contributed by atoms with Gasteiger partial charge in [0.15, 0.2) is 0 Å². The van der Waals surface area contributed by atoms with Crippen LogP contribution in [-0.4, -0.2) is 12.2 Å². The molecule has 0 heterocycles. The fourth-order valence-corrected chi connectivity index (χ4v) is 1.60. The number of aliphatic hydroxyl groups excluding tert-OH is 1. The Hall–Kier alpha value is -0.480. The molecule has 0 amide bonds. The molecular formula is C8H9Cl2NO2. The summed E-state index contributed by atoms with van der Waals surface area (Å²) in [6, 6.07) is 3.03. The molecule has 0 radical (unpaired) electrons. The van der Waals surface area contributed by atoms with Gasteiger partial charge in [-0.2, -0.15) is 0 Å². The highest BCUT2D eigenvalue weighted by molar-refractivity contribution is 6.35. The molecule has 13 heavy (non-hydrogen) atoms. The number of hydrogen-bond donors (Lipinski definition) is 2. The standard InChI is InChI=1S/C8H9Cl2NO2/c1-13-7-5(8(11)12)2-4(9)3-6(7)10/h2-3,8,12H,11H2,1H3. The SMILES string of the molecule is COc1c(Cl)cc(Cl)cc1C(N)O. The lowest BCUT2D eigenvalue weighted by atomic mass is 10.2. The van der Waals surface area contributed by atoms with Crippen LogP contribution in [0.25, 0.3) is 0 Å². The van der Waals surface area contributed by atoms with Crippen LogP contribution in [-0.2, 0) is 0 Å². The zero-order chi connectivity index (χ0) is 10.0. The molecule has 0 fully saturated rings. The van der Waals surface area contributed by atoms with E-state index in [1.807, 2.05) is 0 Å². The van der Waals surface area contributed by atoms with Crippen molar-refractivity contribution in [1.29, 1.82) is 0 Å². The van der Waals surface area contributed by atoms with Gasteiger partial charge in [0.2, 0.25) is 0 Å². The summed E-state index contributed by atoms with van der Waals surface area (Å²) in [5.41, 5.74) is 5.66. The quantitative estimate of drug-likeness (QED) is 0.752. The molecule has 0 spiro atoms. The predicted octanol–water partition coefficient (Wildman–Crippen LogP) is 1.95. The van der Waals surface area contributed by atoms with E-state index in [2.05, 4.69) is 0 Å². The van der Waals surface area contributed by atoms with E-state index in [4.69, 9.17) is 38.8 Å². The van der Waals surface area contributed by atoms with Gasteiger partial charge >= 0.3 is 0 Å². The highest BCUT2D eigenvalue weighted by atomic mass is 35.5. The minimum atomic E-state index is -1.15. The molecule has 0 bridgehead atoms. The fraction of sp³-hybridized carbons (Fsp3) is 0.250. The molecular weight excluding hydrogens is 213 g/mol. The van der Waals surface area contributed by atoms with Crippen molar-refractivity contribution in [2.75, 3.05) is 7.11 Å². The van der Waals surface area contributed by atoms with Crippen molar-refractivity contribution in [3.05, 3.63) is 27.7 Å². The molecule has 0 aliphatic carbocycles. The van der Waals surface area contributed by atoms with Crippen LogP contribution in [0, 0.1) is 0 Å². The number of hydrogen-bond acceptors (Lipinski definition) is 3. The summed E-state index contributed by atoms with van der Waals surface area (Å²) in [7, 11) is 1.45. The zero-order valence-electron chi connectivity index (χ0n) is 6.92. The van der Waals surface area contributed by atoms with Gasteiger partial charge < -0.3 is 15.6 Å². The number of ether oxygens (including phenoxy) is 1. The minimum absolute atomic E-state index is 0.328. The van der Waals surface area contributed by atoms with E-state index in [-0.39, 0.29) is 0 Å². The van der Waals surface area contributed by atoms with E-state index in [1.54, 1.807) is 0 Å². The fourth-order valence-electron chi connectivity index (χ4n) is 1.02. The summed E-state index contributed by atoms with van der Waals surface area (Å²) in [4.78, 5) is 0. The maximum Gasteiger partial charge on any atom is 0.144 e. The lowest BCUT2D eigenvalue weighted by Gasteiger charge is -2.12. The van der Waals surface area contributed by atoms with Crippen molar-refractivity contribution < 1.29 is 9.84 Å². The third kappa shape index (κ3) is 2.25. The molecule has 1 rings (SSSR count). The van der Waals surface area contributed by atoms with E-state index in [1.165, 1.54) is 19.2 Å². The molecule has 0 saturated heterocycles. The van der Waals surface area contributed by atoms with E-state index >= 15 is 0 Å². The molecule has 1 unspecified atom stereocenters. The topological polar surface area (TPSA) is 55.5 Å². The van der Waals surface area contributed by atoms with Crippen LogP contribution in [0.4, 0.5) is 0 Å². The lowest BCUT2D eigenvalue weighted by Crippen LogP contribution is -2.10. The smallest absolute Gasteiger partial charge is 0.144 e. The largest absolute Gasteiger partial charge is 0.495 e. The van der Waals surface area contributed by atoms with Crippen LogP contribution in [0.15, 0.2) is 12.1 Å². The molecule has 3 nitrogen and oxygen atoms in total. The second-order valence-corrected chi connectivity index (χ2v) is 3.30. The van der Waals surface area contributed by atoms with Crippen LogP contribution >= 0.6 is 23.2 Å². The minimum Gasteiger partial charge on any atom is -0.495 e. The van der Waals surface area contributed by atoms with Gasteiger partial charge in [0.25, 0.3) is 0 Å². The first-order valence-corrected chi connectivity index (χ1v) is 4.28. The number of halogens is 2. The second kappa shape index (κ2) is 4.15. The van der Waals surface area contributed by atoms with E-state index in [9.17, 15) is 0 Å². The third-order valence-corrected chi connectivity index (χ3v) is 2.06. The number of benzene rings is 1. The summed E-state index contributed by atoms with van der Waals surface area (Å²) in [6.45, 7) is 0. The predicted molar refractivity (Wildman–Crippen MR) is 52.2 cm³/mol. The van der Waals surface area contributed by atoms with E-state index < -0.39 is 6.23 Å². The molecule has 1 aromatic rings. The molecule has 5 heteroatoms. The number of methoxy groups -OCH3 is 1. The van der Waals surface area contributed by atoms with Gasteiger partial charge in [0.05, 0.1) is 12.1 Å². The number of rotatable bonds is 2. The highest BCUT2D eigenvalue weighted by Crippen LogP contribution is 2.34. The molecule has 1 atom stereocenters. The average molecular weight is 222 g/mol. The van der Waals surface area contributed by atoms with Gasteiger partial charge in [-0.15, -0.1) is 0 Å². The van der Waals surface area contributed by atoms with Gasteiger partial charge in [0, 0.05) is 10.6 Å². The number of aliphatic hydroxyl groups is 1. The molecule has 72 valence electrons. The molecule has 0 aromatic heterocycles. The summed E-state index contributed by atoms with van der Waals surface area (Å²) < 4.78 is 4.96. The summed E-state index contributed by atoms with van der Waals surface area (Å²) in [5, 5.41) is 9.90. The molecule has 0 saturated carbocycles. The Balaban J connectivity index is 3.29. The first kappa shape index (κ1) is 10.6. The maximum absolute atomic E-state index is 9.17. The Morgan fingerprint density at radius 2 is 2.08 bits per heavy atom. The van der Waals surface area contributed by atoms with E-state index in [0.717, 1.165) is 0 Å². The van der Waals surface area contributed by atoms with Gasteiger partial charge in [-0.1, -0.05) is 23.2 Å². The van der Waals surface area contributed by atoms with Crippen LogP contribution < -0.4 is 10.5 Å². The maximum atomic E-state index is 9.17. The number of nitrogens with two attached hydrogens (primary N) is 1. The molecule has 0 aliphatic rings. The monoisotopic (exact) mass is 221 g/mol. The van der Waals surface area contributed by atoms with E-state index in [0.29, 0.717) is 21.4 Å². The average Bonchev–Trinajstić information content (AvgIpc) is 2.02. The summed E-state index contributed by atoms with van der Waals surface area (Å²) in [6.07, 6.45) is -1.15. The van der Waals surface area contributed by atoms with Crippen LogP contribution in [0.2, 0.25) is 10.0 Å². The van der Waals surface area contributed by atoms with Gasteiger partial charge in [0.1, 0.15) is 12.0 Å². The normalized spacial score (nSPS) is 12.7. The van der Waals surface area contributed by atoms with Gasteiger partial charge in [-0.25, -0.2) is 0 Å². The Morgan fingerprint density at radius 1 is 1.46 bits per heavy atom. The van der Waals surface area contributed by atoms with Gasteiger partial charge in [-0.3, -0.25) is 0 Å². The Morgan fingerprint density at radius 3 is 2.54 bits per heavy atom. The van der Waals surface area contributed by atoms with Crippen molar-refractivity contribution in [2.45, 2.75) is 6.23 Å². The summed E-state index contributed by atoms with van der Waals surface area (Å²) >= 11 is 11.5. The van der Waals surface area contributed by atoms with Gasteiger partial charge in [-0.05, 0) is 12.1 Å². The van der Waals surface area contributed by atoms with Crippen LogP contribution in [0.1, 0.15) is 11.8 Å². The first-order valence-electron chi connectivity index (χ1n) is 3.53. The van der Waals surface area contributed by atoms with Crippen molar-refractivity contribution in [1.82, 2.24) is 0 Å². The second-order valence-electron chi connectivity index (χ2n) is 2.45. The van der Waals surface area contributed by atoms with Crippen molar-refractivity contribution in [2.24, 2.45) is 5.73 Å². The van der Waals surface area contributed by atoms with Crippen LogP contribution in [0.3, 0.4) is 0 Å².